The zero-order chi connectivity index (χ0) is 23.6. The minimum absolute atomic E-state index is 0.235. The Bertz CT molecular complexity index is 1470. The Balaban J connectivity index is 1.70. The van der Waals surface area contributed by atoms with Gasteiger partial charge in [-0.2, -0.15) is 0 Å². The van der Waals surface area contributed by atoms with E-state index < -0.39 is 9.84 Å². The highest BCUT2D eigenvalue weighted by atomic mass is 35.5. The molecule has 170 valence electrons. The molecule has 0 aliphatic rings. The molecular formula is C24H22ClN3O4S. The van der Waals surface area contributed by atoms with Crippen molar-refractivity contribution in [3.8, 4) is 5.75 Å². The molecule has 4 rings (SSSR count). The molecule has 0 aliphatic heterocycles. The summed E-state index contributed by atoms with van der Waals surface area (Å²) in [5, 5.41) is 3.86. The van der Waals surface area contributed by atoms with Crippen LogP contribution in [0.3, 0.4) is 0 Å². The van der Waals surface area contributed by atoms with E-state index in [-0.39, 0.29) is 23.0 Å². The fourth-order valence-electron chi connectivity index (χ4n) is 3.57. The first-order valence-electron chi connectivity index (χ1n) is 10.1. The van der Waals surface area contributed by atoms with Crippen LogP contribution in [-0.2, 0) is 16.4 Å². The van der Waals surface area contributed by atoms with Crippen LogP contribution in [0.2, 0.25) is 5.02 Å². The summed E-state index contributed by atoms with van der Waals surface area (Å²) in [5.41, 5.74) is 2.49. The smallest absolute Gasteiger partial charge is 0.258 e. The first kappa shape index (κ1) is 23.0. The lowest BCUT2D eigenvalue weighted by atomic mass is 9.98. The summed E-state index contributed by atoms with van der Waals surface area (Å²) in [4.78, 5) is 17.3. The number of benzene rings is 2. The second-order valence-electron chi connectivity index (χ2n) is 7.59. The number of rotatable bonds is 7. The van der Waals surface area contributed by atoms with Gasteiger partial charge in [-0.05, 0) is 47.5 Å². The molecule has 0 saturated carbocycles. The van der Waals surface area contributed by atoms with Crippen molar-refractivity contribution in [1.29, 1.82) is 0 Å². The standard InChI is InChI=1S/C24H22ClN3O4S/c1-32-20-9-6-16(7-10-20)24(17-4-3-5-21(12-17)33(2,30)31)26-14-19-13-23(29)28-15-18(25)8-11-22(28)27-19/h3-13,15,24,26H,14H2,1-2H3. The Kier molecular flexibility index (Phi) is 6.51. The maximum absolute atomic E-state index is 12.5. The number of halogens is 1. The van der Waals surface area contributed by atoms with Gasteiger partial charge in [0.05, 0.1) is 28.8 Å². The van der Waals surface area contributed by atoms with Crippen molar-refractivity contribution in [2.45, 2.75) is 17.5 Å². The van der Waals surface area contributed by atoms with Gasteiger partial charge in [0.1, 0.15) is 11.4 Å². The fourth-order valence-corrected chi connectivity index (χ4v) is 4.41. The summed E-state index contributed by atoms with van der Waals surface area (Å²) in [6.07, 6.45) is 2.71. The van der Waals surface area contributed by atoms with Gasteiger partial charge < -0.3 is 10.1 Å². The number of methoxy groups -OCH3 is 1. The van der Waals surface area contributed by atoms with Crippen molar-refractivity contribution in [1.82, 2.24) is 14.7 Å². The van der Waals surface area contributed by atoms with E-state index in [4.69, 9.17) is 16.3 Å². The number of sulfone groups is 1. The summed E-state index contributed by atoms with van der Waals surface area (Å²) in [5.74, 6) is 0.713. The Hall–Kier alpha value is -3.20. The van der Waals surface area contributed by atoms with Gasteiger partial charge in [0.25, 0.3) is 5.56 Å². The Morgan fingerprint density at radius 1 is 1.06 bits per heavy atom. The summed E-state index contributed by atoms with van der Waals surface area (Å²) in [6, 6.07) is 18.8. The SMILES string of the molecule is COc1ccc(C(NCc2cc(=O)n3cc(Cl)ccc3n2)c2cccc(S(C)(=O)=O)c2)cc1. The fraction of sp³-hybridized carbons (Fsp3) is 0.167. The van der Waals surface area contributed by atoms with Crippen molar-refractivity contribution < 1.29 is 13.2 Å². The van der Waals surface area contributed by atoms with E-state index in [2.05, 4.69) is 10.3 Å². The molecule has 1 atom stereocenters. The monoisotopic (exact) mass is 483 g/mol. The quantitative estimate of drug-likeness (QED) is 0.431. The van der Waals surface area contributed by atoms with Crippen LogP contribution in [-0.4, -0.2) is 31.2 Å². The van der Waals surface area contributed by atoms with Crippen LogP contribution in [0, 0.1) is 0 Å². The largest absolute Gasteiger partial charge is 0.497 e. The number of pyridine rings is 1. The molecule has 0 radical (unpaired) electrons. The maximum Gasteiger partial charge on any atom is 0.258 e. The van der Waals surface area contributed by atoms with E-state index in [9.17, 15) is 13.2 Å². The maximum atomic E-state index is 12.5. The number of hydrogen-bond acceptors (Lipinski definition) is 6. The van der Waals surface area contributed by atoms with Crippen LogP contribution >= 0.6 is 11.6 Å². The zero-order valence-corrected chi connectivity index (χ0v) is 19.6. The minimum Gasteiger partial charge on any atom is -0.497 e. The summed E-state index contributed by atoms with van der Waals surface area (Å²) >= 11 is 5.98. The minimum atomic E-state index is -3.37. The van der Waals surface area contributed by atoms with Crippen LogP contribution in [0.1, 0.15) is 22.9 Å². The van der Waals surface area contributed by atoms with E-state index in [1.165, 1.54) is 22.9 Å². The highest BCUT2D eigenvalue weighted by molar-refractivity contribution is 7.90. The topological polar surface area (TPSA) is 89.8 Å². The Morgan fingerprint density at radius 2 is 1.82 bits per heavy atom. The number of fused-ring (bicyclic) bond motifs is 1. The third-order valence-electron chi connectivity index (χ3n) is 5.23. The molecule has 0 amide bonds. The highest BCUT2D eigenvalue weighted by Crippen LogP contribution is 2.26. The number of nitrogens with one attached hydrogen (secondary N) is 1. The third-order valence-corrected chi connectivity index (χ3v) is 6.57. The van der Waals surface area contributed by atoms with Gasteiger partial charge >= 0.3 is 0 Å². The van der Waals surface area contributed by atoms with Crippen molar-refractivity contribution in [3.63, 3.8) is 0 Å². The van der Waals surface area contributed by atoms with Gasteiger partial charge in [0.15, 0.2) is 9.84 Å². The predicted molar refractivity (Wildman–Crippen MR) is 128 cm³/mol. The first-order valence-corrected chi connectivity index (χ1v) is 12.4. The lowest BCUT2D eigenvalue weighted by molar-refractivity contribution is 0.414. The van der Waals surface area contributed by atoms with Crippen LogP contribution in [0.15, 0.2) is 82.6 Å². The summed E-state index contributed by atoms with van der Waals surface area (Å²) in [6.45, 7) is 0.286. The third kappa shape index (κ3) is 5.24. The van der Waals surface area contributed by atoms with Crippen LogP contribution in [0.5, 0.6) is 5.75 Å². The molecule has 0 saturated heterocycles. The van der Waals surface area contributed by atoms with Gasteiger partial charge in [-0.3, -0.25) is 9.20 Å². The molecule has 2 aromatic heterocycles. The molecule has 4 aromatic rings. The van der Waals surface area contributed by atoms with Gasteiger partial charge in [0, 0.05) is 25.1 Å². The molecule has 2 aromatic carbocycles. The molecule has 1 N–H and O–H groups in total. The van der Waals surface area contributed by atoms with E-state index in [1.54, 1.807) is 37.4 Å². The average molecular weight is 484 g/mol. The first-order chi connectivity index (χ1) is 15.7. The summed E-state index contributed by atoms with van der Waals surface area (Å²) in [7, 11) is -1.77. The van der Waals surface area contributed by atoms with Crippen molar-refractivity contribution in [2.24, 2.45) is 0 Å². The molecule has 0 aliphatic carbocycles. The van der Waals surface area contributed by atoms with Crippen molar-refractivity contribution in [2.75, 3.05) is 13.4 Å². The van der Waals surface area contributed by atoms with Gasteiger partial charge in [-0.15, -0.1) is 0 Å². The van der Waals surface area contributed by atoms with E-state index in [0.717, 1.165) is 11.1 Å². The van der Waals surface area contributed by atoms with E-state index in [0.29, 0.717) is 22.1 Å². The average Bonchev–Trinajstić information content (AvgIpc) is 2.80. The second-order valence-corrected chi connectivity index (χ2v) is 10.0. The van der Waals surface area contributed by atoms with Crippen molar-refractivity contribution >= 4 is 27.1 Å². The number of nitrogens with zero attached hydrogens (tertiary/aromatic N) is 2. The summed E-state index contributed by atoms with van der Waals surface area (Å²) < 4.78 is 30.8. The van der Waals surface area contributed by atoms with Gasteiger partial charge in [-0.25, -0.2) is 13.4 Å². The number of hydrogen-bond donors (Lipinski definition) is 1. The zero-order valence-electron chi connectivity index (χ0n) is 18.0. The van der Waals surface area contributed by atoms with Crippen LogP contribution in [0.25, 0.3) is 5.65 Å². The predicted octanol–water partition coefficient (Wildman–Crippen LogP) is 3.64. The van der Waals surface area contributed by atoms with E-state index >= 15 is 0 Å². The second kappa shape index (κ2) is 9.35. The molecule has 1 unspecified atom stereocenters. The number of ether oxygens (including phenoxy) is 1. The molecule has 0 fully saturated rings. The normalized spacial score (nSPS) is 12.6. The van der Waals surface area contributed by atoms with Crippen LogP contribution < -0.4 is 15.6 Å². The molecule has 0 spiro atoms. The van der Waals surface area contributed by atoms with E-state index in [1.807, 2.05) is 30.3 Å². The molecule has 0 bridgehead atoms. The lowest BCUT2D eigenvalue weighted by Crippen LogP contribution is -2.25. The molecular weight excluding hydrogens is 462 g/mol. The highest BCUT2D eigenvalue weighted by Gasteiger charge is 2.17. The Morgan fingerprint density at radius 3 is 2.52 bits per heavy atom. The van der Waals surface area contributed by atoms with Gasteiger partial charge in [0.2, 0.25) is 0 Å². The Labute approximate surface area is 196 Å². The lowest BCUT2D eigenvalue weighted by Gasteiger charge is -2.21. The molecule has 9 heteroatoms. The van der Waals surface area contributed by atoms with Gasteiger partial charge in [-0.1, -0.05) is 35.9 Å². The van der Waals surface area contributed by atoms with Crippen LogP contribution in [0.4, 0.5) is 0 Å². The van der Waals surface area contributed by atoms with Crippen molar-refractivity contribution in [3.05, 3.63) is 105 Å². The number of aromatic nitrogens is 2. The molecule has 2 heterocycles. The molecule has 7 nitrogen and oxygen atoms in total. The molecule has 33 heavy (non-hydrogen) atoms.